The molecule has 0 aliphatic carbocycles. The Bertz CT molecular complexity index is 1010. The molecular formula is C22H22N2O6. The van der Waals surface area contributed by atoms with Crippen LogP contribution in [-0.2, 0) is 9.59 Å². The molecule has 1 amide bonds. The SMILES string of the molecule is CCCCN1C(=O)C(=O)C(=C(O)c2ccc(OC)cc2)[C@H]1c1ccccc1[N+](=O)[O-]. The van der Waals surface area contributed by atoms with Crippen LogP contribution in [0.25, 0.3) is 5.76 Å². The Hall–Kier alpha value is -3.68. The molecule has 1 saturated heterocycles. The second-order valence-corrected chi connectivity index (χ2v) is 6.89. The zero-order valence-electron chi connectivity index (χ0n) is 16.7. The number of unbranched alkanes of at least 4 members (excludes halogenated alkanes) is 1. The van der Waals surface area contributed by atoms with Crippen LogP contribution in [0.15, 0.2) is 54.1 Å². The molecule has 1 atom stereocenters. The minimum Gasteiger partial charge on any atom is -0.507 e. The maximum Gasteiger partial charge on any atom is 0.295 e. The first-order valence-corrected chi connectivity index (χ1v) is 9.56. The van der Waals surface area contributed by atoms with Gasteiger partial charge in [-0.05, 0) is 36.8 Å². The lowest BCUT2D eigenvalue weighted by Gasteiger charge is -2.25. The second-order valence-electron chi connectivity index (χ2n) is 6.89. The Labute approximate surface area is 173 Å². The monoisotopic (exact) mass is 410 g/mol. The smallest absolute Gasteiger partial charge is 0.295 e. The first-order chi connectivity index (χ1) is 14.4. The van der Waals surface area contributed by atoms with Crippen molar-refractivity contribution in [1.82, 2.24) is 4.90 Å². The zero-order valence-corrected chi connectivity index (χ0v) is 16.7. The van der Waals surface area contributed by atoms with Crippen LogP contribution in [0.1, 0.15) is 36.9 Å². The number of Topliss-reactive ketones (excluding diaryl/α,β-unsaturated/α-hetero) is 1. The number of methoxy groups -OCH3 is 1. The van der Waals surface area contributed by atoms with Crippen LogP contribution in [0.2, 0.25) is 0 Å². The number of benzene rings is 2. The van der Waals surface area contributed by atoms with Gasteiger partial charge in [-0.25, -0.2) is 0 Å². The molecule has 30 heavy (non-hydrogen) atoms. The van der Waals surface area contributed by atoms with Gasteiger partial charge in [0.1, 0.15) is 11.5 Å². The number of ether oxygens (including phenoxy) is 1. The highest BCUT2D eigenvalue weighted by Crippen LogP contribution is 2.42. The van der Waals surface area contributed by atoms with Gasteiger partial charge in [0.2, 0.25) is 0 Å². The number of hydrogen-bond donors (Lipinski definition) is 1. The van der Waals surface area contributed by atoms with Gasteiger partial charge in [-0.3, -0.25) is 19.7 Å². The van der Waals surface area contributed by atoms with Gasteiger partial charge in [0.05, 0.1) is 29.2 Å². The van der Waals surface area contributed by atoms with Crippen molar-refractivity contribution in [1.29, 1.82) is 0 Å². The van der Waals surface area contributed by atoms with Crippen molar-refractivity contribution >= 4 is 23.1 Å². The minimum atomic E-state index is -1.04. The van der Waals surface area contributed by atoms with Gasteiger partial charge in [0.15, 0.2) is 0 Å². The number of aliphatic hydroxyl groups is 1. The summed E-state index contributed by atoms with van der Waals surface area (Å²) in [5.41, 5.74) is 0.128. The molecule has 1 aliphatic rings. The summed E-state index contributed by atoms with van der Waals surface area (Å²) in [7, 11) is 1.50. The molecule has 0 spiro atoms. The van der Waals surface area contributed by atoms with Crippen molar-refractivity contribution in [2.24, 2.45) is 0 Å². The van der Waals surface area contributed by atoms with E-state index in [1.807, 2.05) is 6.92 Å². The number of carbonyl (C=O) groups excluding carboxylic acids is 2. The highest BCUT2D eigenvalue weighted by molar-refractivity contribution is 6.46. The van der Waals surface area contributed by atoms with E-state index in [-0.39, 0.29) is 29.1 Å². The molecule has 156 valence electrons. The van der Waals surface area contributed by atoms with Gasteiger partial charge in [0.25, 0.3) is 17.4 Å². The molecule has 0 saturated carbocycles. The van der Waals surface area contributed by atoms with E-state index in [4.69, 9.17) is 4.74 Å². The van der Waals surface area contributed by atoms with Gasteiger partial charge in [0, 0.05) is 18.2 Å². The van der Waals surface area contributed by atoms with E-state index < -0.39 is 22.7 Å². The quantitative estimate of drug-likeness (QED) is 0.244. The number of aliphatic hydroxyl groups excluding tert-OH is 1. The Morgan fingerprint density at radius 2 is 1.83 bits per heavy atom. The highest BCUT2D eigenvalue weighted by atomic mass is 16.6. The summed E-state index contributed by atoms with van der Waals surface area (Å²) in [6, 6.07) is 11.3. The summed E-state index contributed by atoms with van der Waals surface area (Å²) in [6.07, 6.45) is 1.39. The average molecular weight is 410 g/mol. The van der Waals surface area contributed by atoms with Crippen molar-refractivity contribution in [3.8, 4) is 5.75 Å². The van der Waals surface area contributed by atoms with E-state index in [0.717, 1.165) is 6.42 Å². The number of hydrogen-bond acceptors (Lipinski definition) is 6. The number of para-hydroxylation sites is 1. The van der Waals surface area contributed by atoms with Crippen LogP contribution in [0.3, 0.4) is 0 Å². The van der Waals surface area contributed by atoms with E-state index >= 15 is 0 Å². The predicted molar refractivity (Wildman–Crippen MR) is 110 cm³/mol. The minimum absolute atomic E-state index is 0.157. The Morgan fingerprint density at radius 1 is 1.17 bits per heavy atom. The van der Waals surface area contributed by atoms with Gasteiger partial charge in [-0.15, -0.1) is 0 Å². The van der Waals surface area contributed by atoms with E-state index in [1.54, 1.807) is 30.3 Å². The number of nitro benzene ring substituents is 1. The van der Waals surface area contributed by atoms with Crippen molar-refractivity contribution in [2.45, 2.75) is 25.8 Å². The fraction of sp³-hybridized carbons (Fsp3) is 0.273. The van der Waals surface area contributed by atoms with Crippen LogP contribution in [0, 0.1) is 10.1 Å². The molecule has 0 bridgehead atoms. The van der Waals surface area contributed by atoms with Crippen LogP contribution < -0.4 is 4.74 Å². The molecule has 1 aliphatic heterocycles. The maximum absolute atomic E-state index is 12.9. The number of nitro groups is 1. The molecular weight excluding hydrogens is 388 g/mol. The summed E-state index contributed by atoms with van der Waals surface area (Å²) in [5.74, 6) is -1.45. The number of ketones is 1. The van der Waals surface area contributed by atoms with Crippen LogP contribution in [-0.4, -0.2) is 40.3 Å². The lowest BCUT2D eigenvalue weighted by molar-refractivity contribution is -0.385. The van der Waals surface area contributed by atoms with E-state index in [9.17, 15) is 24.8 Å². The molecule has 2 aromatic carbocycles. The molecule has 1 heterocycles. The molecule has 8 heteroatoms. The molecule has 1 fully saturated rings. The Kier molecular flexibility index (Phi) is 6.15. The molecule has 0 radical (unpaired) electrons. The fourth-order valence-electron chi connectivity index (χ4n) is 3.55. The van der Waals surface area contributed by atoms with E-state index in [2.05, 4.69) is 0 Å². The van der Waals surface area contributed by atoms with Gasteiger partial charge in [-0.2, -0.15) is 0 Å². The maximum atomic E-state index is 12.9. The first kappa shape index (κ1) is 21.0. The summed E-state index contributed by atoms with van der Waals surface area (Å²) >= 11 is 0. The average Bonchev–Trinajstić information content (AvgIpc) is 3.01. The fourth-order valence-corrected chi connectivity index (χ4v) is 3.55. The number of amides is 1. The topological polar surface area (TPSA) is 110 Å². The number of carbonyl (C=O) groups is 2. The Balaban J connectivity index is 2.21. The largest absolute Gasteiger partial charge is 0.507 e. The third-order valence-corrected chi connectivity index (χ3v) is 5.08. The lowest BCUT2D eigenvalue weighted by atomic mass is 9.94. The third-order valence-electron chi connectivity index (χ3n) is 5.08. The van der Waals surface area contributed by atoms with Gasteiger partial charge >= 0.3 is 0 Å². The third kappa shape index (κ3) is 3.76. The molecule has 8 nitrogen and oxygen atoms in total. The van der Waals surface area contributed by atoms with Crippen molar-refractivity contribution in [2.75, 3.05) is 13.7 Å². The number of likely N-dealkylation sites (tertiary alicyclic amines) is 1. The van der Waals surface area contributed by atoms with Gasteiger partial charge in [-0.1, -0.05) is 25.5 Å². The predicted octanol–water partition coefficient (Wildman–Crippen LogP) is 3.83. The molecule has 0 unspecified atom stereocenters. The van der Waals surface area contributed by atoms with Crippen molar-refractivity contribution < 1.29 is 24.4 Å². The molecule has 2 aromatic rings. The van der Waals surface area contributed by atoms with E-state index in [0.29, 0.717) is 17.7 Å². The summed E-state index contributed by atoms with van der Waals surface area (Å²) in [4.78, 5) is 38.0. The molecule has 0 aromatic heterocycles. The van der Waals surface area contributed by atoms with Crippen molar-refractivity contribution in [3.05, 3.63) is 75.3 Å². The summed E-state index contributed by atoms with van der Waals surface area (Å²) in [5, 5.41) is 22.5. The second kappa shape index (κ2) is 8.77. The van der Waals surface area contributed by atoms with Crippen LogP contribution in [0.4, 0.5) is 5.69 Å². The summed E-state index contributed by atoms with van der Waals surface area (Å²) < 4.78 is 5.10. The summed E-state index contributed by atoms with van der Waals surface area (Å²) in [6.45, 7) is 2.19. The van der Waals surface area contributed by atoms with Gasteiger partial charge < -0.3 is 14.7 Å². The number of rotatable bonds is 7. The van der Waals surface area contributed by atoms with Crippen LogP contribution in [0.5, 0.6) is 5.75 Å². The number of nitrogens with zero attached hydrogens (tertiary/aromatic N) is 2. The molecule has 3 rings (SSSR count). The normalized spacial score (nSPS) is 17.9. The molecule has 1 N–H and O–H groups in total. The standard InChI is InChI=1S/C22H22N2O6/c1-3-4-13-23-19(16-7-5-6-8-17(16)24(28)29)18(21(26)22(23)27)20(25)14-9-11-15(30-2)12-10-14/h5-12,19,25H,3-4,13H2,1-2H3/t19-/m1/s1. The Morgan fingerprint density at radius 3 is 2.43 bits per heavy atom. The highest BCUT2D eigenvalue weighted by Gasteiger charge is 2.47. The van der Waals surface area contributed by atoms with Crippen LogP contribution >= 0.6 is 0 Å². The zero-order chi connectivity index (χ0) is 21.8. The lowest BCUT2D eigenvalue weighted by Crippen LogP contribution is -2.30. The van der Waals surface area contributed by atoms with Crippen molar-refractivity contribution in [3.63, 3.8) is 0 Å². The first-order valence-electron chi connectivity index (χ1n) is 9.56. The van der Waals surface area contributed by atoms with E-state index in [1.165, 1.54) is 30.2 Å².